The highest BCUT2D eigenvalue weighted by Crippen LogP contribution is 2.34. The second-order valence-corrected chi connectivity index (χ2v) is 10.1. The molecule has 3 aromatic carbocycles. The van der Waals surface area contributed by atoms with Crippen LogP contribution >= 0.6 is 0 Å². The summed E-state index contributed by atoms with van der Waals surface area (Å²) in [5.74, 6) is -0.553. The van der Waals surface area contributed by atoms with Gasteiger partial charge in [-0.05, 0) is 85.3 Å². The number of hydrogen-bond acceptors (Lipinski definition) is 5. The van der Waals surface area contributed by atoms with Crippen molar-refractivity contribution in [2.45, 2.75) is 45.3 Å². The summed E-state index contributed by atoms with van der Waals surface area (Å²) in [5.41, 5.74) is 6.46. The van der Waals surface area contributed by atoms with E-state index in [0.717, 1.165) is 35.2 Å². The molecule has 1 aromatic heterocycles. The third kappa shape index (κ3) is 5.80. The minimum atomic E-state index is -4.30. The molecule has 5 rings (SSSR count). The summed E-state index contributed by atoms with van der Waals surface area (Å²) in [6.45, 7) is 3.36. The lowest BCUT2D eigenvalue weighted by Crippen LogP contribution is -2.26. The van der Waals surface area contributed by atoms with Crippen molar-refractivity contribution < 1.29 is 27.5 Å². The molecule has 0 bridgehead atoms. The van der Waals surface area contributed by atoms with Crippen LogP contribution in [0.5, 0.6) is 0 Å². The van der Waals surface area contributed by atoms with Gasteiger partial charge in [-0.1, -0.05) is 12.1 Å². The second kappa shape index (κ2) is 10.7. The fraction of sp³-hybridized carbons (Fsp3) is 0.300. The first-order valence-corrected chi connectivity index (χ1v) is 13.0. The third-order valence-electron chi connectivity index (χ3n) is 6.99. The predicted molar refractivity (Wildman–Crippen MR) is 147 cm³/mol. The lowest BCUT2D eigenvalue weighted by molar-refractivity contribution is -0.131. The van der Waals surface area contributed by atoms with Gasteiger partial charge in [0.25, 0.3) is 5.91 Å². The van der Waals surface area contributed by atoms with Crippen molar-refractivity contribution in [2.24, 2.45) is 0 Å². The summed E-state index contributed by atoms with van der Waals surface area (Å²) in [4.78, 5) is 29.2. The molecule has 0 radical (unpaired) electrons. The maximum atomic E-state index is 12.9. The SMILES string of the molecule is COC(=O)c1ccc(-c2cc(NCCC(F)(F)F)c3ncn(-c4ccc(C(=O)NC5CC5)c(C)c4)c3c2)cc1C. The molecule has 0 saturated heterocycles. The molecule has 0 atom stereocenters. The van der Waals surface area contributed by atoms with E-state index in [1.165, 1.54) is 7.11 Å². The highest BCUT2D eigenvalue weighted by atomic mass is 19.4. The van der Waals surface area contributed by atoms with Crippen LogP contribution < -0.4 is 10.6 Å². The highest BCUT2D eigenvalue weighted by Gasteiger charge is 2.27. The number of aromatic nitrogens is 2. The van der Waals surface area contributed by atoms with Crippen molar-refractivity contribution in [1.82, 2.24) is 14.9 Å². The number of fused-ring (bicyclic) bond motifs is 1. The number of nitrogens with zero attached hydrogens (tertiary/aromatic N) is 2. The smallest absolute Gasteiger partial charge is 0.390 e. The summed E-state index contributed by atoms with van der Waals surface area (Å²) in [6.07, 6.45) is -1.67. The number of hydrogen-bond donors (Lipinski definition) is 2. The zero-order valence-corrected chi connectivity index (χ0v) is 22.4. The lowest BCUT2D eigenvalue weighted by Gasteiger charge is -2.14. The number of alkyl halides is 3. The minimum absolute atomic E-state index is 0.105. The first-order chi connectivity index (χ1) is 19.0. The normalized spacial score (nSPS) is 13.3. The Labute approximate surface area is 229 Å². The number of benzene rings is 3. The van der Waals surface area contributed by atoms with Gasteiger partial charge in [0.1, 0.15) is 11.8 Å². The van der Waals surface area contributed by atoms with Crippen LogP contribution in [0.3, 0.4) is 0 Å². The number of aryl methyl sites for hydroxylation is 2. The van der Waals surface area contributed by atoms with Crippen molar-refractivity contribution >= 4 is 28.6 Å². The molecule has 2 N–H and O–H groups in total. The molecule has 0 unspecified atom stereocenters. The van der Waals surface area contributed by atoms with E-state index in [1.807, 2.05) is 35.8 Å². The summed E-state index contributed by atoms with van der Waals surface area (Å²) >= 11 is 0. The summed E-state index contributed by atoms with van der Waals surface area (Å²) < 4.78 is 45.4. The number of rotatable bonds is 8. The number of ether oxygens (including phenoxy) is 1. The number of esters is 1. The minimum Gasteiger partial charge on any atom is -0.465 e. The predicted octanol–water partition coefficient (Wildman–Crippen LogP) is 6.35. The molecule has 208 valence electrons. The number of carbonyl (C=O) groups excluding carboxylic acids is 2. The van der Waals surface area contributed by atoms with Crippen LogP contribution in [0.4, 0.5) is 18.9 Å². The molecule has 10 heteroatoms. The summed E-state index contributed by atoms with van der Waals surface area (Å²) in [7, 11) is 1.32. The molecular formula is C30H29F3N4O3. The number of imidazole rings is 1. The molecule has 0 aliphatic heterocycles. The molecule has 7 nitrogen and oxygen atoms in total. The number of halogens is 3. The molecule has 4 aromatic rings. The average Bonchev–Trinajstić information content (AvgIpc) is 3.61. The summed E-state index contributed by atoms with van der Waals surface area (Å²) in [6, 6.07) is 14.7. The Kier molecular flexibility index (Phi) is 7.27. The third-order valence-corrected chi connectivity index (χ3v) is 6.99. The van der Waals surface area contributed by atoms with Gasteiger partial charge in [-0.3, -0.25) is 9.36 Å². The Hall–Kier alpha value is -4.34. The van der Waals surface area contributed by atoms with Crippen LogP contribution in [0, 0.1) is 13.8 Å². The van der Waals surface area contributed by atoms with Crippen molar-refractivity contribution in [3.8, 4) is 16.8 Å². The number of carbonyl (C=O) groups is 2. The Bertz CT molecular complexity index is 1610. The summed E-state index contributed by atoms with van der Waals surface area (Å²) in [5, 5.41) is 5.91. The van der Waals surface area contributed by atoms with E-state index in [0.29, 0.717) is 33.4 Å². The lowest BCUT2D eigenvalue weighted by atomic mass is 9.98. The fourth-order valence-corrected chi connectivity index (χ4v) is 4.69. The van der Waals surface area contributed by atoms with Crippen LogP contribution in [0.25, 0.3) is 27.8 Å². The molecule has 1 saturated carbocycles. The quantitative estimate of drug-likeness (QED) is 0.250. The van der Waals surface area contributed by atoms with Gasteiger partial charge >= 0.3 is 12.1 Å². The van der Waals surface area contributed by atoms with Crippen LogP contribution in [-0.4, -0.2) is 47.3 Å². The zero-order valence-electron chi connectivity index (χ0n) is 22.4. The first-order valence-electron chi connectivity index (χ1n) is 13.0. The first kappa shape index (κ1) is 27.2. The van der Waals surface area contributed by atoms with Crippen molar-refractivity contribution in [3.63, 3.8) is 0 Å². The maximum Gasteiger partial charge on any atom is 0.390 e. The molecular weight excluding hydrogens is 521 g/mol. The monoisotopic (exact) mass is 550 g/mol. The van der Waals surface area contributed by atoms with Gasteiger partial charge in [0.15, 0.2) is 0 Å². The Balaban J connectivity index is 1.57. The van der Waals surface area contributed by atoms with E-state index in [4.69, 9.17) is 4.74 Å². The molecule has 1 aliphatic carbocycles. The molecule has 1 fully saturated rings. The van der Waals surface area contributed by atoms with E-state index in [2.05, 4.69) is 15.6 Å². The molecule has 0 spiro atoms. The van der Waals surface area contributed by atoms with Crippen molar-refractivity contribution in [3.05, 3.63) is 77.1 Å². The van der Waals surface area contributed by atoms with E-state index >= 15 is 0 Å². The topological polar surface area (TPSA) is 85.2 Å². The van der Waals surface area contributed by atoms with Gasteiger partial charge in [-0.25, -0.2) is 9.78 Å². The fourth-order valence-electron chi connectivity index (χ4n) is 4.69. The molecule has 40 heavy (non-hydrogen) atoms. The van der Waals surface area contributed by atoms with Crippen molar-refractivity contribution in [1.29, 1.82) is 0 Å². The van der Waals surface area contributed by atoms with Crippen LogP contribution in [0.2, 0.25) is 0 Å². The number of anilines is 1. The molecule has 1 heterocycles. The highest BCUT2D eigenvalue weighted by molar-refractivity contribution is 5.97. The van der Waals surface area contributed by atoms with E-state index in [1.54, 1.807) is 37.5 Å². The van der Waals surface area contributed by atoms with Gasteiger partial charge in [0.2, 0.25) is 0 Å². The number of nitrogens with one attached hydrogen (secondary N) is 2. The number of methoxy groups -OCH3 is 1. The maximum absolute atomic E-state index is 12.9. The standard InChI is InChI=1S/C30H29F3N4O3/c1-17-12-19(4-8-24(17)29(39)40-3)20-14-25(34-11-10-30(31,32)33)27-26(15-20)37(16-35-27)22-7-9-23(18(2)13-22)28(38)36-21-5-6-21/h4,7-9,12-16,21,34H,5-6,10-11H2,1-3H3,(H,36,38). The number of amides is 1. The van der Waals surface area contributed by atoms with Crippen LogP contribution in [0.1, 0.15) is 51.1 Å². The van der Waals surface area contributed by atoms with E-state index < -0.39 is 18.6 Å². The van der Waals surface area contributed by atoms with E-state index in [9.17, 15) is 22.8 Å². The zero-order chi connectivity index (χ0) is 28.6. The molecule has 1 aliphatic rings. The van der Waals surface area contributed by atoms with Gasteiger partial charge in [0.05, 0.1) is 30.3 Å². The Morgan fingerprint density at radius 2 is 1.73 bits per heavy atom. The Morgan fingerprint density at radius 3 is 2.38 bits per heavy atom. The Morgan fingerprint density at radius 1 is 1.00 bits per heavy atom. The van der Waals surface area contributed by atoms with Gasteiger partial charge in [0, 0.05) is 23.8 Å². The average molecular weight is 551 g/mol. The molecule has 1 amide bonds. The van der Waals surface area contributed by atoms with Crippen molar-refractivity contribution in [2.75, 3.05) is 19.0 Å². The second-order valence-electron chi connectivity index (χ2n) is 10.1. The van der Waals surface area contributed by atoms with Crippen LogP contribution in [-0.2, 0) is 4.74 Å². The van der Waals surface area contributed by atoms with Gasteiger partial charge in [-0.15, -0.1) is 0 Å². The van der Waals surface area contributed by atoms with Crippen LogP contribution in [0.15, 0.2) is 54.9 Å². The van der Waals surface area contributed by atoms with E-state index in [-0.39, 0.29) is 18.5 Å². The van der Waals surface area contributed by atoms with Gasteiger partial charge in [-0.2, -0.15) is 13.2 Å². The van der Waals surface area contributed by atoms with Gasteiger partial charge < -0.3 is 15.4 Å². The largest absolute Gasteiger partial charge is 0.465 e.